The molecule has 2 amide bonds. The van der Waals surface area contributed by atoms with E-state index in [2.05, 4.69) is 20.3 Å². The molecule has 0 aliphatic rings. The first kappa shape index (κ1) is 29.0. The van der Waals surface area contributed by atoms with Crippen LogP contribution in [0.5, 0.6) is 0 Å². The van der Waals surface area contributed by atoms with Crippen molar-refractivity contribution in [2.45, 2.75) is 50.7 Å². The zero-order valence-electron chi connectivity index (χ0n) is 19.1. The van der Waals surface area contributed by atoms with Gasteiger partial charge in [-0.2, -0.15) is 0 Å². The monoisotopic (exact) mass is 498 g/mol. The number of aliphatic imine (C=N–C) groups is 1. The summed E-state index contributed by atoms with van der Waals surface area (Å²) in [7, 11) is -3.85. The molecule has 1 unspecified atom stereocenters. The Bertz CT molecular complexity index is 921. The summed E-state index contributed by atoms with van der Waals surface area (Å²) >= 11 is 0. The van der Waals surface area contributed by atoms with Gasteiger partial charge in [-0.05, 0) is 38.2 Å². The van der Waals surface area contributed by atoms with Crippen molar-refractivity contribution in [2.24, 2.45) is 16.5 Å². The first-order valence-corrected chi connectivity index (χ1v) is 12.5. The van der Waals surface area contributed by atoms with Crippen LogP contribution in [0.3, 0.4) is 0 Å². The molecular formula is C21H34N6O6S. The molecule has 0 aliphatic carbocycles. The largest absolute Gasteiger partial charge is 0.394 e. The van der Waals surface area contributed by atoms with Gasteiger partial charge < -0.3 is 32.0 Å². The molecule has 0 saturated carbocycles. The number of amides is 2. The van der Waals surface area contributed by atoms with Crippen molar-refractivity contribution in [1.29, 1.82) is 0 Å². The van der Waals surface area contributed by atoms with Crippen LogP contribution in [-0.4, -0.2) is 74.6 Å². The summed E-state index contributed by atoms with van der Waals surface area (Å²) in [6.45, 7) is 0.871. The standard InChI is InChI=1S/C21H34N6O6S/c1-15(19(30)26-17(13-28)10-5-11-24-21(22)23)25-20(31)18(14-29)27-34(32,33)12-6-9-16-7-3-2-4-8-16/h2-4,7-8,13,15,17-18,27,29H,5-6,9-12,14H2,1H3,(H,25,31)(H,26,30)(H4,22,23,24)/t15-,17?,18+/m0/s1. The summed E-state index contributed by atoms with van der Waals surface area (Å²) in [4.78, 5) is 39.7. The third-order valence-corrected chi connectivity index (χ3v) is 6.22. The van der Waals surface area contributed by atoms with E-state index in [0.29, 0.717) is 32.1 Å². The lowest BCUT2D eigenvalue weighted by Gasteiger charge is -2.21. The van der Waals surface area contributed by atoms with Crippen LogP contribution in [0.25, 0.3) is 0 Å². The molecule has 1 rings (SSSR count). The molecule has 0 aliphatic heterocycles. The lowest BCUT2D eigenvalue weighted by molar-refractivity contribution is -0.130. The van der Waals surface area contributed by atoms with E-state index in [1.807, 2.05) is 30.3 Å². The Morgan fingerprint density at radius 2 is 1.79 bits per heavy atom. The average Bonchev–Trinajstić information content (AvgIpc) is 2.79. The zero-order chi connectivity index (χ0) is 25.6. The molecule has 0 fully saturated rings. The topological polar surface area (TPSA) is 206 Å². The van der Waals surface area contributed by atoms with Gasteiger partial charge in [-0.15, -0.1) is 0 Å². The number of hydrogen-bond acceptors (Lipinski definition) is 7. The van der Waals surface area contributed by atoms with E-state index >= 15 is 0 Å². The van der Waals surface area contributed by atoms with Crippen LogP contribution < -0.4 is 26.8 Å². The molecule has 1 aromatic rings. The van der Waals surface area contributed by atoms with Gasteiger partial charge in [0.15, 0.2) is 5.96 Å². The van der Waals surface area contributed by atoms with Gasteiger partial charge >= 0.3 is 0 Å². The van der Waals surface area contributed by atoms with Crippen LogP contribution in [0, 0.1) is 0 Å². The number of rotatable bonds is 16. The molecule has 1 aromatic carbocycles. The number of nitrogens with one attached hydrogen (secondary N) is 3. The van der Waals surface area contributed by atoms with Crippen molar-refractivity contribution >= 4 is 34.1 Å². The van der Waals surface area contributed by atoms with Gasteiger partial charge in [0.25, 0.3) is 0 Å². The predicted octanol–water partition coefficient (Wildman–Crippen LogP) is -1.86. The minimum atomic E-state index is -3.85. The summed E-state index contributed by atoms with van der Waals surface area (Å²) in [5.41, 5.74) is 11.4. The second-order valence-corrected chi connectivity index (χ2v) is 9.56. The Morgan fingerprint density at radius 1 is 1.12 bits per heavy atom. The predicted molar refractivity (Wildman–Crippen MR) is 128 cm³/mol. The highest BCUT2D eigenvalue weighted by atomic mass is 32.2. The Morgan fingerprint density at radius 3 is 2.38 bits per heavy atom. The van der Waals surface area contributed by atoms with Gasteiger partial charge in [0.05, 0.1) is 18.4 Å². The molecule has 190 valence electrons. The molecule has 0 bridgehead atoms. The van der Waals surface area contributed by atoms with Gasteiger partial charge in [0.2, 0.25) is 21.8 Å². The Balaban J connectivity index is 2.52. The van der Waals surface area contributed by atoms with E-state index in [1.165, 1.54) is 6.92 Å². The number of aliphatic hydroxyl groups excluding tert-OH is 1. The van der Waals surface area contributed by atoms with Crippen molar-refractivity contribution in [3.05, 3.63) is 35.9 Å². The Kier molecular flexibility index (Phi) is 12.8. The number of aldehydes is 1. The summed E-state index contributed by atoms with van der Waals surface area (Å²) < 4.78 is 26.8. The van der Waals surface area contributed by atoms with E-state index in [0.717, 1.165) is 5.56 Å². The van der Waals surface area contributed by atoms with Crippen LogP contribution in [-0.2, 0) is 30.8 Å². The zero-order valence-corrected chi connectivity index (χ0v) is 20.0. The lowest BCUT2D eigenvalue weighted by atomic mass is 10.1. The fourth-order valence-corrected chi connectivity index (χ4v) is 4.20. The highest BCUT2D eigenvalue weighted by Gasteiger charge is 2.27. The van der Waals surface area contributed by atoms with E-state index in [1.54, 1.807) is 0 Å². The average molecular weight is 499 g/mol. The maximum Gasteiger partial charge on any atom is 0.242 e. The van der Waals surface area contributed by atoms with Crippen molar-refractivity contribution in [3.8, 4) is 0 Å². The van der Waals surface area contributed by atoms with E-state index in [4.69, 9.17) is 11.5 Å². The van der Waals surface area contributed by atoms with Crippen LogP contribution in [0.1, 0.15) is 31.7 Å². The number of aliphatic hydroxyl groups is 1. The second-order valence-electron chi connectivity index (χ2n) is 7.69. The summed E-state index contributed by atoms with van der Waals surface area (Å²) in [6, 6.07) is 6.00. The normalized spacial score (nSPS) is 13.8. The minimum Gasteiger partial charge on any atom is -0.394 e. The van der Waals surface area contributed by atoms with Crippen LogP contribution in [0.2, 0.25) is 0 Å². The molecule has 8 N–H and O–H groups in total. The summed E-state index contributed by atoms with van der Waals surface area (Å²) in [5.74, 6) is -1.82. The Labute approximate surface area is 199 Å². The number of carbonyl (C=O) groups is 3. The number of aryl methyl sites for hydroxylation is 1. The Hall–Kier alpha value is -3.03. The number of guanidine groups is 1. The molecule has 0 saturated heterocycles. The van der Waals surface area contributed by atoms with Gasteiger partial charge in [0, 0.05) is 6.54 Å². The lowest BCUT2D eigenvalue weighted by Crippen LogP contribution is -2.55. The molecule has 12 nitrogen and oxygen atoms in total. The minimum absolute atomic E-state index is 0.0757. The molecule has 34 heavy (non-hydrogen) atoms. The molecule has 0 radical (unpaired) electrons. The van der Waals surface area contributed by atoms with E-state index < -0.39 is 46.6 Å². The molecule has 0 aromatic heterocycles. The van der Waals surface area contributed by atoms with E-state index in [-0.39, 0.29) is 18.1 Å². The van der Waals surface area contributed by atoms with Crippen LogP contribution >= 0.6 is 0 Å². The van der Waals surface area contributed by atoms with Crippen molar-refractivity contribution < 1.29 is 27.9 Å². The molecule has 0 heterocycles. The van der Waals surface area contributed by atoms with E-state index in [9.17, 15) is 27.9 Å². The molecular weight excluding hydrogens is 464 g/mol. The van der Waals surface area contributed by atoms with Crippen molar-refractivity contribution in [3.63, 3.8) is 0 Å². The summed E-state index contributed by atoms with van der Waals surface area (Å²) in [5, 5.41) is 14.3. The highest BCUT2D eigenvalue weighted by Crippen LogP contribution is 2.04. The highest BCUT2D eigenvalue weighted by molar-refractivity contribution is 7.89. The van der Waals surface area contributed by atoms with Crippen LogP contribution in [0.4, 0.5) is 0 Å². The SMILES string of the molecule is C[C@H](NC(=O)[C@@H](CO)NS(=O)(=O)CCCc1ccccc1)C(=O)NC(C=O)CCCN=C(N)N. The maximum atomic E-state index is 12.4. The first-order valence-electron chi connectivity index (χ1n) is 10.8. The number of nitrogens with two attached hydrogens (primary N) is 2. The smallest absolute Gasteiger partial charge is 0.242 e. The molecule has 0 spiro atoms. The fraction of sp³-hybridized carbons (Fsp3) is 0.524. The number of benzene rings is 1. The van der Waals surface area contributed by atoms with Crippen molar-refractivity contribution in [2.75, 3.05) is 18.9 Å². The number of carbonyl (C=O) groups excluding carboxylic acids is 3. The maximum absolute atomic E-state index is 12.4. The number of sulfonamides is 1. The summed E-state index contributed by atoms with van der Waals surface area (Å²) in [6.07, 6.45) is 2.16. The van der Waals surface area contributed by atoms with Crippen molar-refractivity contribution in [1.82, 2.24) is 15.4 Å². The third kappa shape index (κ3) is 11.7. The quantitative estimate of drug-likeness (QED) is 0.0658. The molecule has 13 heteroatoms. The van der Waals surface area contributed by atoms with Gasteiger partial charge in [0.1, 0.15) is 18.4 Å². The fourth-order valence-electron chi connectivity index (χ4n) is 2.94. The third-order valence-electron chi connectivity index (χ3n) is 4.75. The number of hydrogen-bond donors (Lipinski definition) is 6. The first-order chi connectivity index (χ1) is 16.1. The second kappa shape index (κ2) is 15.0. The van der Waals surface area contributed by atoms with Gasteiger partial charge in [-0.1, -0.05) is 30.3 Å². The van der Waals surface area contributed by atoms with Gasteiger partial charge in [-0.25, -0.2) is 13.1 Å². The number of nitrogens with zero attached hydrogens (tertiary/aromatic N) is 1. The van der Waals surface area contributed by atoms with Gasteiger partial charge in [-0.3, -0.25) is 14.6 Å². The molecule has 3 atom stereocenters. The van der Waals surface area contributed by atoms with Crippen LogP contribution in [0.15, 0.2) is 35.3 Å².